The van der Waals surface area contributed by atoms with Crippen LogP contribution in [0.4, 0.5) is 5.69 Å². The summed E-state index contributed by atoms with van der Waals surface area (Å²) in [4.78, 5) is 15.0. The van der Waals surface area contributed by atoms with Crippen molar-refractivity contribution in [3.05, 3.63) is 60.3 Å². The number of carbonyl (C=O) groups is 1. The Hall–Kier alpha value is -3.08. The Bertz CT molecular complexity index is 1040. The number of benzene rings is 1. The second-order valence-electron chi connectivity index (χ2n) is 7.55. The average Bonchev–Trinajstić information content (AvgIpc) is 3.16. The number of likely N-dealkylation sites (tertiary alicyclic amines) is 1. The van der Waals surface area contributed by atoms with E-state index in [1.54, 1.807) is 6.08 Å². The van der Waals surface area contributed by atoms with Gasteiger partial charge >= 0.3 is 0 Å². The molecule has 1 aliphatic heterocycles. The Kier molecular flexibility index (Phi) is 5.65. The molecule has 5 heteroatoms. The number of pyridine rings is 1. The second-order valence-corrected chi connectivity index (χ2v) is 7.55. The van der Waals surface area contributed by atoms with Crippen molar-refractivity contribution in [3.63, 3.8) is 0 Å². The van der Waals surface area contributed by atoms with Crippen LogP contribution in [-0.4, -0.2) is 40.1 Å². The number of rotatable bonds is 5. The number of fused-ring (bicyclic) bond motifs is 1. The molecule has 150 valence electrons. The zero-order valence-electron chi connectivity index (χ0n) is 17.1. The number of hydrogen-bond acceptors (Lipinski definition) is 3. The number of piperidine rings is 1. The first-order valence-corrected chi connectivity index (χ1v) is 10.5. The van der Waals surface area contributed by atoms with E-state index in [0.29, 0.717) is 6.04 Å². The lowest BCUT2D eigenvalue weighted by Gasteiger charge is -2.34. The number of nitrogens with one attached hydrogen (secondary N) is 1. The molecule has 1 atom stereocenters. The summed E-state index contributed by atoms with van der Waals surface area (Å²) in [6, 6.07) is 14.5. The molecule has 5 nitrogen and oxygen atoms in total. The number of nitrogens with zero attached hydrogens (tertiary/aromatic N) is 3. The minimum Gasteiger partial charge on any atom is -0.388 e. The molecule has 4 rings (SSSR count). The Labute approximate surface area is 172 Å². The fraction of sp³-hybridized carbons (Fsp3) is 0.333. The van der Waals surface area contributed by atoms with Gasteiger partial charge in [0, 0.05) is 48.7 Å². The minimum atomic E-state index is 0.0988. The molecule has 3 heterocycles. The van der Waals surface area contributed by atoms with E-state index in [0.717, 1.165) is 53.8 Å². The van der Waals surface area contributed by atoms with Gasteiger partial charge in [-0.15, -0.1) is 0 Å². The normalized spacial score (nSPS) is 17.2. The number of aromatic nitrogens is 2. The van der Waals surface area contributed by atoms with Crippen molar-refractivity contribution in [3.8, 4) is 11.3 Å². The smallest absolute Gasteiger partial charge is 0.246 e. The Morgan fingerprint density at radius 2 is 2.14 bits per heavy atom. The maximum Gasteiger partial charge on any atom is 0.246 e. The lowest BCUT2D eigenvalue weighted by atomic mass is 9.99. The average molecular weight is 389 g/mol. The van der Waals surface area contributed by atoms with Gasteiger partial charge in [0.2, 0.25) is 5.91 Å². The molecule has 1 unspecified atom stereocenters. The maximum atomic E-state index is 12.9. The minimum absolute atomic E-state index is 0.0988. The first-order chi connectivity index (χ1) is 14.2. The highest BCUT2D eigenvalue weighted by molar-refractivity contribution is 5.95. The molecule has 1 amide bonds. The number of carbonyl (C=O) groups excluding carboxylic acids is 1. The Morgan fingerprint density at radius 3 is 2.97 bits per heavy atom. The summed E-state index contributed by atoms with van der Waals surface area (Å²) in [6.07, 6.45) is 10.0. The van der Waals surface area contributed by atoms with Crippen molar-refractivity contribution in [2.24, 2.45) is 0 Å². The topological polar surface area (TPSA) is 49.6 Å². The summed E-state index contributed by atoms with van der Waals surface area (Å²) in [5, 5.41) is 7.97. The van der Waals surface area contributed by atoms with Crippen molar-refractivity contribution in [2.75, 3.05) is 18.9 Å². The molecular formula is C24H28N4O. The molecule has 1 saturated heterocycles. The van der Waals surface area contributed by atoms with Crippen LogP contribution in [0.2, 0.25) is 0 Å². The highest BCUT2D eigenvalue weighted by Gasteiger charge is 2.24. The number of anilines is 1. The van der Waals surface area contributed by atoms with Crippen LogP contribution in [0.15, 0.2) is 54.7 Å². The van der Waals surface area contributed by atoms with Gasteiger partial charge in [0.25, 0.3) is 0 Å². The third-order valence-electron chi connectivity index (χ3n) is 5.78. The van der Waals surface area contributed by atoms with Gasteiger partial charge in [-0.1, -0.05) is 25.1 Å². The molecular weight excluding hydrogens is 360 g/mol. The molecule has 1 N–H and O–H groups in total. The van der Waals surface area contributed by atoms with Crippen LogP contribution in [0.25, 0.3) is 22.9 Å². The van der Waals surface area contributed by atoms with Gasteiger partial charge in [-0.05, 0) is 56.0 Å². The monoisotopic (exact) mass is 388 g/mol. The molecule has 1 aromatic carbocycles. The predicted molar refractivity (Wildman–Crippen MR) is 119 cm³/mol. The van der Waals surface area contributed by atoms with Crippen molar-refractivity contribution < 1.29 is 4.79 Å². The van der Waals surface area contributed by atoms with Crippen molar-refractivity contribution in [1.29, 1.82) is 0 Å². The van der Waals surface area contributed by atoms with E-state index in [9.17, 15) is 4.79 Å². The molecule has 1 fully saturated rings. The zero-order chi connectivity index (χ0) is 20.2. The molecule has 0 aliphatic carbocycles. The fourth-order valence-corrected chi connectivity index (χ4v) is 4.18. The Balaban J connectivity index is 1.72. The summed E-state index contributed by atoms with van der Waals surface area (Å²) >= 11 is 0. The van der Waals surface area contributed by atoms with E-state index in [2.05, 4.69) is 24.4 Å². The van der Waals surface area contributed by atoms with Gasteiger partial charge in [0.1, 0.15) is 5.69 Å². The van der Waals surface area contributed by atoms with Crippen LogP contribution in [0.5, 0.6) is 0 Å². The summed E-state index contributed by atoms with van der Waals surface area (Å²) in [5.41, 5.74) is 4.90. The predicted octanol–water partition coefficient (Wildman–Crippen LogP) is 4.85. The summed E-state index contributed by atoms with van der Waals surface area (Å²) in [7, 11) is 1.91. The molecule has 29 heavy (non-hydrogen) atoms. The van der Waals surface area contributed by atoms with Gasteiger partial charge in [0.05, 0.1) is 5.52 Å². The van der Waals surface area contributed by atoms with E-state index in [4.69, 9.17) is 5.10 Å². The zero-order valence-corrected chi connectivity index (χ0v) is 17.1. The van der Waals surface area contributed by atoms with Gasteiger partial charge in [-0.3, -0.25) is 4.79 Å². The highest BCUT2D eigenvalue weighted by atomic mass is 16.2. The van der Waals surface area contributed by atoms with Crippen LogP contribution in [0.1, 0.15) is 38.2 Å². The van der Waals surface area contributed by atoms with Gasteiger partial charge in [-0.25, -0.2) is 4.52 Å². The van der Waals surface area contributed by atoms with Crippen molar-refractivity contribution in [1.82, 2.24) is 14.5 Å². The van der Waals surface area contributed by atoms with Crippen LogP contribution in [-0.2, 0) is 4.79 Å². The lowest BCUT2D eigenvalue weighted by molar-refractivity contribution is -0.129. The molecule has 0 radical (unpaired) electrons. The highest BCUT2D eigenvalue weighted by Crippen LogP contribution is 2.29. The molecule has 3 aromatic rings. The molecule has 0 saturated carbocycles. The molecule has 0 bridgehead atoms. The van der Waals surface area contributed by atoms with E-state index in [1.165, 1.54) is 6.42 Å². The first kappa shape index (κ1) is 19.2. The second kappa shape index (κ2) is 8.52. The summed E-state index contributed by atoms with van der Waals surface area (Å²) in [5.74, 6) is 0.0988. The van der Waals surface area contributed by atoms with Gasteiger partial charge in [-0.2, -0.15) is 5.10 Å². The van der Waals surface area contributed by atoms with Crippen LogP contribution in [0.3, 0.4) is 0 Å². The van der Waals surface area contributed by atoms with E-state index < -0.39 is 0 Å². The van der Waals surface area contributed by atoms with E-state index in [1.807, 2.05) is 59.1 Å². The SMILES string of the molecule is CCC1CCCCN1C(=O)/C=C/c1c(-c2cccc(NC)c2)nn2ccccc12. The quantitative estimate of drug-likeness (QED) is 0.636. The first-order valence-electron chi connectivity index (χ1n) is 10.5. The maximum absolute atomic E-state index is 12.9. The Morgan fingerprint density at radius 1 is 1.24 bits per heavy atom. The lowest BCUT2D eigenvalue weighted by Crippen LogP contribution is -2.42. The summed E-state index contributed by atoms with van der Waals surface area (Å²) < 4.78 is 1.88. The fourth-order valence-electron chi connectivity index (χ4n) is 4.18. The van der Waals surface area contributed by atoms with Crippen LogP contribution in [0, 0.1) is 0 Å². The van der Waals surface area contributed by atoms with E-state index >= 15 is 0 Å². The summed E-state index contributed by atoms with van der Waals surface area (Å²) in [6.45, 7) is 3.02. The van der Waals surface area contributed by atoms with Crippen LogP contribution >= 0.6 is 0 Å². The number of hydrogen-bond donors (Lipinski definition) is 1. The number of amides is 1. The van der Waals surface area contributed by atoms with Gasteiger partial charge < -0.3 is 10.2 Å². The standard InChI is InChI=1S/C24H28N4O/c1-3-20-11-4-6-15-27(20)23(29)14-13-21-22-12-5-7-16-28(22)26-24(21)18-9-8-10-19(17-18)25-2/h5,7-10,12-14,16-17,20,25H,3-4,6,11,15H2,1-2H3/b14-13+. The molecule has 1 aliphatic rings. The third kappa shape index (κ3) is 3.90. The van der Waals surface area contributed by atoms with Crippen LogP contribution < -0.4 is 5.32 Å². The van der Waals surface area contributed by atoms with Crippen molar-refractivity contribution >= 4 is 23.2 Å². The third-order valence-corrected chi connectivity index (χ3v) is 5.78. The van der Waals surface area contributed by atoms with Gasteiger partial charge in [0.15, 0.2) is 0 Å². The van der Waals surface area contributed by atoms with Crippen molar-refractivity contribution in [2.45, 2.75) is 38.6 Å². The van der Waals surface area contributed by atoms with E-state index in [-0.39, 0.29) is 5.91 Å². The molecule has 2 aromatic heterocycles. The molecule has 0 spiro atoms. The largest absolute Gasteiger partial charge is 0.388 e.